The van der Waals surface area contributed by atoms with Crippen LogP contribution in [-0.2, 0) is 23.1 Å². The van der Waals surface area contributed by atoms with Gasteiger partial charge in [0.25, 0.3) is 5.91 Å². The lowest BCUT2D eigenvalue weighted by Gasteiger charge is -2.17. The van der Waals surface area contributed by atoms with Crippen molar-refractivity contribution >= 4 is 25.6 Å². The van der Waals surface area contributed by atoms with E-state index in [9.17, 15) is 18.9 Å². The summed E-state index contributed by atoms with van der Waals surface area (Å²) in [4.78, 5) is 33.3. The van der Waals surface area contributed by atoms with E-state index < -0.39 is 25.6 Å². The van der Waals surface area contributed by atoms with Crippen LogP contribution in [0.1, 0.15) is 0 Å². The second-order valence-corrected chi connectivity index (χ2v) is 4.58. The molecule has 2 N–H and O–H groups in total. The second-order valence-electron chi connectivity index (χ2n) is 2.52. The summed E-state index contributed by atoms with van der Waals surface area (Å²) in [6.45, 7) is 0. The molecule has 0 aliphatic heterocycles. The summed E-state index contributed by atoms with van der Waals surface area (Å²) in [5, 5.41) is 0. The fourth-order valence-corrected chi connectivity index (χ4v) is 1.50. The van der Waals surface area contributed by atoms with Gasteiger partial charge in [0.2, 0.25) is 0 Å². The Morgan fingerprint density at radius 3 is 1.94 bits per heavy atom. The molecule has 0 aliphatic rings. The topological polar surface area (TPSA) is 125 Å². The van der Waals surface area contributed by atoms with Crippen molar-refractivity contribution < 1.29 is 32.7 Å². The highest BCUT2D eigenvalue weighted by atomic mass is 31.2. The molecule has 0 heterocycles. The molecule has 10 heteroatoms. The molecule has 0 atom stereocenters. The van der Waals surface area contributed by atoms with Crippen LogP contribution in [0.5, 0.6) is 0 Å². The molecule has 0 saturated heterocycles. The van der Waals surface area contributed by atoms with Crippen molar-refractivity contribution in [1.82, 2.24) is 4.90 Å². The van der Waals surface area contributed by atoms with Crippen molar-refractivity contribution in [2.75, 3.05) is 21.3 Å². The fourth-order valence-electron chi connectivity index (χ4n) is 0.753. The maximum atomic E-state index is 11.5. The predicted molar refractivity (Wildman–Crippen MR) is 54.8 cm³/mol. The maximum absolute atomic E-state index is 11.5. The minimum absolute atomic E-state index is 0.0509. The lowest BCUT2D eigenvalue weighted by Crippen LogP contribution is -2.45. The van der Waals surface area contributed by atoms with E-state index in [-0.39, 0.29) is 4.90 Å². The van der Waals surface area contributed by atoms with Crippen LogP contribution < -0.4 is 5.73 Å². The number of hydrogen-bond acceptors (Lipinski definition) is 7. The van der Waals surface area contributed by atoms with E-state index in [0.29, 0.717) is 6.16 Å². The highest BCUT2D eigenvalue weighted by molar-refractivity contribution is 7.57. The lowest BCUT2D eigenvalue weighted by molar-refractivity contribution is -0.122. The van der Waals surface area contributed by atoms with Gasteiger partial charge in [0.15, 0.2) is 6.16 Å². The number of urea groups is 1. The van der Waals surface area contributed by atoms with E-state index in [2.05, 4.69) is 13.8 Å². The van der Waals surface area contributed by atoms with Gasteiger partial charge in [0.1, 0.15) is 0 Å². The molecule has 1 radical (unpaired) electrons. The minimum Gasteiger partial charge on any atom is -0.452 e. The number of nitrogens with zero attached hydrogens (tertiary/aromatic N) is 1. The van der Waals surface area contributed by atoms with E-state index in [0.717, 1.165) is 21.3 Å². The SMILES string of the molecule is COC(=O)N(C(N)=O)C(=O)[CH]P(=O)(OC)OC. The summed E-state index contributed by atoms with van der Waals surface area (Å²) in [7, 11) is -0.813. The van der Waals surface area contributed by atoms with Gasteiger partial charge in [-0.05, 0) is 0 Å². The Labute approximate surface area is 97.3 Å². The van der Waals surface area contributed by atoms with Crippen molar-refractivity contribution in [1.29, 1.82) is 0 Å². The fraction of sp³-hybridized carbons (Fsp3) is 0.429. The number of amides is 4. The molecule has 0 aliphatic carbocycles. The standard InChI is InChI=1S/C7H12N2O7P/c1-14-7(12)9(6(8)11)5(10)4-17(13,15-2)16-3/h4H,1-3H3,(H2,8,11). The maximum Gasteiger partial charge on any atom is 0.424 e. The molecular formula is C7H12N2O7P. The van der Waals surface area contributed by atoms with Gasteiger partial charge < -0.3 is 19.5 Å². The average molecular weight is 267 g/mol. The molecule has 0 aromatic heterocycles. The first-order valence-electron chi connectivity index (χ1n) is 4.10. The van der Waals surface area contributed by atoms with Crippen molar-refractivity contribution in [3.63, 3.8) is 0 Å². The number of carbonyl (C=O) groups excluding carboxylic acids is 3. The van der Waals surface area contributed by atoms with Crippen LogP contribution in [0.15, 0.2) is 0 Å². The van der Waals surface area contributed by atoms with Crippen LogP contribution in [0.25, 0.3) is 0 Å². The van der Waals surface area contributed by atoms with Gasteiger partial charge in [0, 0.05) is 14.2 Å². The third-order valence-corrected chi connectivity index (χ3v) is 3.13. The molecule has 0 fully saturated rings. The van der Waals surface area contributed by atoms with E-state index >= 15 is 0 Å². The molecule has 0 rings (SSSR count). The summed E-state index contributed by atoms with van der Waals surface area (Å²) in [6, 6.07) is -1.38. The number of primary amides is 1. The molecule has 4 amide bonds. The van der Waals surface area contributed by atoms with Crippen molar-refractivity contribution in [2.24, 2.45) is 5.73 Å². The van der Waals surface area contributed by atoms with Crippen LogP contribution >= 0.6 is 7.60 Å². The average Bonchev–Trinajstić information content (AvgIpc) is 2.28. The third kappa shape index (κ3) is 4.14. The van der Waals surface area contributed by atoms with Crippen LogP contribution in [0.4, 0.5) is 9.59 Å². The Balaban J connectivity index is 4.94. The Morgan fingerprint density at radius 1 is 1.18 bits per heavy atom. The van der Waals surface area contributed by atoms with E-state index in [1.807, 2.05) is 0 Å². The third-order valence-electron chi connectivity index (χ3n) is 1.58. The summed E-state index contributed by atoms with van der Waals surface area (Å²) in [5.41, 5.74) is 4.79. The predicted octanol–water partition coefficient (Wildman–Crippen LogP) is 0.308. The van der Waals surface area contributed by atoms with E-state index in [4.69, 9.17) is 5.73 Å². The second kappa shape index (κ2) is 6.33. The van der Waals surface area contributed by atoms with Crippen LogP contribution in [0.2, 0.25) is 0 Å². The number of hydrogen-bond donors (Lipinski definition) is 1. The molecule has 9 nitrogen and oxygen atoms in total. The monoisotopic (exact) mass is 267 g/mol. The number of imide groups is 3. The van der Waals surface area contributed by atoms with Gasteiger partial charge in [-0.2, -0.15) is 4.90 Å². The number of nitrogens with two attached hydrogens (primary N) is 1. The van der Waals surface area contributed by atoms with Gasteiger partial charge in [-0.1, -0.05) is 0 Å². The van der Waals surface area contributed by atoms with Crippen LogP contribution in [0, 0.1) is 6.16 Å². The zero-order valence-corrected chi connectivity index (χ0v) is 10.3. The Hall–Kier alpha value is -1.44. The van der Waals surface area contributed by atoms with Gasteiger partial charge in [-0.3, -0.25) is 9.36 Å². The molecule has 0 saturated carbocycles. The summed E-state index contributed by atoms with van der Waals surface area (Å²) in [5.74, 6) is -1.27. The van der Waals surface area contributed by atoms with Crippen molar-refractivity contribution in [3.05, 3.63) is 6.16 Å². The molecular weight excluding hydrogens is 255 g/mol. The number of ether oxygens (including phenoxy) is 1. The van der Waals surface area contributed by atoms with E-state index in [1.54, 1.807) is 0 Å². The summed E-state index contributed by atoms with van der Waals surface area (Å²) >= 11 is 0. The Bertz CT molecular complexity index is 361. The first-order valence-corrected chi connectivity index (χ1v) is 5.71. The number of methoxy groups -OCH3 is 1. The van der Waals surface area contributed by atoms with Gasteiger partial charge in [0.05, 0.1) is 7.11 Å². The first-order chi connectivity index (χ1) is 7.81. The normalized spacial score (nSPS) is 10.8. The molecule has 0 aromatic rings. The van der Waals surface area contributed by atoms with Crippen LogP contribution in [0.3, 0.4) is 0 Å². The summed E-state index contributed by atoms with van der Waals surface area (Å²) in [6.07, 6.45) is -0.869. The number of rotatable bonds is 4. The van der Waals surface area contributed by atoms with Gasteiger partial charge >= 0.3 is 19.7 Å². The zero-order valence-electron chi connectivity index (χ0n) is 9.41. The lowest BCUT2D eigenvalue weighted by atomic mass is 10.6. The minimum atomic E-state index is -3.81. The highest BCUT2D eigenvalue weighted by Gasteiger charge is 2.35. The molecule has 0 unspecified atom stereocenters. The molecule has 0 bridgehead atoms. The van der Waals surface area contributed by atoms with Gasteiger partial charge in [-0.15, -0.1) is 0 Å². The molecule has 97 valence electrons. The molecule has 17 heavy (non-hydrogen) atoms. The molecule has 0 aromatic carbocycles. The quantitative estimate of drug-likeness (QED) is 0.726. The van der Waals surface area contributed by atoms with Crippen molar-refractivity contribution in [2.45, 2.75) is 0 Å². The molecule has 0 spiro atoms. The Kier molecular flexibility index (Phi) is 5.80. The highest BCUT2D eigenvalue weighted by Crippen LogP contribution is 2.49. The van der Waals surface area contributed by atoms with Gasteiger partial charge in [-0.25, -0.2) is 9.59 Å². The largest absolute Gasteiger partial charge is 0.452 e. The number of carbonyl (C=O) groups is 3. The van der Waals surface area contributed by atoms with Crippen LogP contribution in [-0.4, -0.2) is 44.3 Å². The Morgan fingerprint density at radius 2 is 1.65 bits per heavy atom. The smallest absolute Gasteiger partial charge is 0.424 e. The van der Waals surface area contributed by atoms with Crippen molar-refractivity contribution in [3.8, 4) is 0 Å². The first kappa shape index (κ1) is 15.6. The summed E-state index contributed by atoms with van der Waals surface area (Å²) < 4.78 is 24.6. The van der Waals surface area contributed by atoms with E-state index in [1.165, 1.54) is 0 Å². The zero-order chi connectivity index (χ0) is 13.6.